The van der Waals surface area contributed by atoms with E-state index in [0.717, 1.165) is 0 Å². The minimum absolute atomic E-state index is 0.529. The molecule has 1 aliphatic rings. The third-order valence-electron chi connectivity index (χ3n) is 4.31. The van der Waals surface area contributed by atoms with Crippen LogP contribution in [-0.2, 0) is 6.42 Å². The molecule has 0 aromatic heterocycles. The second kappa shape index (κ2) is 6.19. The summed E-state index contributed by atoms with van der Waals surface area (Å²) in [6, 6.07) is 13.6. The number of benzene rings is 2. The Morgan fingerprint density at radius 2 is 1.86 bits per heavy atom. The van der Waals surface area contributed by atoms with Crippen molar-refractivity contribution in [3.63, 3.8) is 0 Å². The summed E-state index contributed by atoms with van der Waals surface area (Å²) >= 11 is 3.75. The van der Waals surface area contributed by atoms with E-state index in [4.69, 9.17) is 0 Å². The van der Waals surface area contributed by atoms with E-state index in [1.807, 2.05) is 0 Å². The van der Waals surface area contributed by atoms with Crippen LogP contribution < -0.4 is 0 Å². The highest BCUT2D eigenvalue weighted by atomic mass is 79.9. The van der Waals surface area contributed by atoms with Gasteiger partial charge in [-0.1, -0.05) is 72.6 Å². The van der Waals surface area contributed by atoms with Crippen LogP contribution >= 0.6 is 15.9 Å². The average Bonchev–Trinajstić information content (AvgIpc) is 2.86. The molecule has 0 nitrogen and oxygen atoms in total. The summed E-state index contributed by atoms with van der Waals surface area (Å²) in [5.41, 5.74) is 6.79. The SMILES string of the molecule is CCCCc1ccc(-c2cc3c(cc2Br)C(C)C=C3)cc1. The molecule has 0 amide bonds. The predicted octanol–water partition coefficient (Wildman–Crippen LogP) is 6.59. The van der Waals surface area contributed by atoms with Crippen molar-refractivity contribution in [2.45, 2.75) is 39.0 Å². The highest BCUT2D eigenvalue weighted by molar-refractivity contribution is 9.10. The molecule has 0 heterocycles. The van der Waals surface area contributed by atoms with Gasteiger partial charge in [0.05, 0.1) is 0 Å². The maximum atomic E-state index is 3.75. The van der Waals surface area contributed by atoms with Gasteiger partial charge < -0.3 is 0 Å². The second-order valence-corrected chi connectivity index (χ2v) is 6.76. The first-order valence-corrected chi connectivity index (χ1v) is 8.59. The average molecular weight is 341 g/mol. The van der Waals surface area contributed by atoms with Crippen molar-refractivity contribution in [1.82, 2.24) is 0 Å². The monoisotopic (exact) mass is 340 g/mol. The summed E-state index contributed by atoms with van der Waals surface area (Å²) in [4.78, 5) is 0. The zero-order chi connectivity index (χ0) is 14.8. The van der Waals surface area contributed by atoms with Crippen LogP contribution in [0.15, 0.2) is 46.9 Å². The molecule has 21 heavy (non-hydrogen) atoms. The van der Waals surface area contributed by atoms with Crippen LogP contribution in [0.3, 0.4) is 0 Å². The van der Waals surface area contributed by atoms with Crippen molar-refractivity contribution in [2.24, 2.45) is 0 Å². The third kappa shape index (κ3) is 2.98. The van der Waals surface area contributed by atoms with Gasteiger partial charge in [-0.15, -0.1) is 0 Å². The van der Waals surface area contributed by atoms with E-state index in [0.29, 0.717) is 5.92 Å². The number of aryl methyl sites for hydroxylation is 1. The minimum atomic E-state index is 0.529. The van der Waals surface area contributed by atoms with E-state index < -0.39 is 0 Å². The first kappa shape index (κ1) is 14.6. The lowest BCUT2D eigenvalue weighted by molar-refractivity contribution is 0.795. The molecule has 0 saturated carbocycles. The molecule has 0 spiro atoms. The summed E-state index contributed by atoms with van der Waals surface area (Å²) in [6.45, 7) is 4.49. The molecule has 0 bridgehead atoms. The summed E-state index contributed by atoms with van der Waals surface area (Å²) in [7, 11) is 0. The highest BCUT2D eigenvalue weighted by Crippen LogP contribution is 2.38. The number of halogens is 1. The van der Waals surface area contributed by atoms with Gasteiger partial charge in [0.1, 0.15) is 0 Å². The number of unbranched alkanes of at least 4 members (excludes halogenated alkanes) is 1. The van der Waals surface area contributed by atoms with Gasteiger partial charge in [0.15, 0.2) is 0 Å². The molecule has 2 aromatic carbocycles. The first-order valence-electron chi connectivity index (χ1n) is 7.80. The van der Waals surface area contributed by atoms with Crippen molar-refractivity contribution < 1.29 is 0 Å². The van der Waals surface area contributed by atoms with E-state index in [1.165, 1.54) is 51.6 Å². The Balaban J connectivity index is 1.92. The van der Waals surface area contributed by atoms with Crippen LogP contribution in [0.1, 0.15) is 49.3 Å². The summed E-state index contributed by atoms with van der Waals surface area (Å²) in [6.07, 6.45) is 8.22. The van der Waals surface area contributed by atoms with Crippen LogP contribution in [0, 0.1) is 0 Å². The largest absolute Gasteiger partial charge is 0.0767 e. The zero-order valence-electron chi connectivity index (χ0n) is 12.7. The van der Waals surface area contributed by atoms with E-state index in [-0.39, 0.29) is 0 Å². The van der Waals surface area contributed by atoms with E-state index in [2.05, 4.69) is 78.3 Å². The molecule has 3 rings (SSSR count). The number of fused-ring (bicyclic) bond motifs is 1. The molecule has 108 valence electrons. The molecular weight excluding hydrogens is 320 g/mol. The fourth-order valence-corrected chi connectivity index (χ4v) is 3.54. The molecule has 0 saturated heterocycles. The molecule has 0 radical (unpaired) electrons. The van der Waals surface area contributed by atoms with Crippen molar-refractivity contribution >= 4 is 22.0 Å². The molecule has 0 N–H and O–H groups in total. The van der Waals surface area contributed by atoms with E-state index in [9.17, 15) is 0 Å². The van der Waals surface area contributed by atoms with Crippen LogP contribution in [0.2, 0.25) is 0 Å². The topological polar surface area (TPSA) is 0 Å². The maximum absolute atomic E-state index is 3.75. The molecule has 2 aromatic rings. The number of rotatable bonds is 4. The quantitative estimate of drug-likeness (QED) is 0.588. The van der Waals surface area contributed by atoms with Gasteiger partial charge in [-0.3, -0.25) is 0 Å². The predicted molar refractivity (Wildman–Crippen MR) is 95.6 cm³/mol. The minimum Gasteiger partial charge on any atom is -0.0767 e. The number of hydrogen-bond donors (Lipinski definition) is 0. The lowest BCUT2D eigenvalue weighted by atomic mass is 9.96. The smallest absolute Gasteiger partial charge is 0.0257 e. The Kier molecular flexibility index (Phi) is 4.30. The lowest BCUT2D eigenvalue weighted by Gasteiger charge is -2.11. The Hall–Kier alpha value is -1.34. The maximum Gasteiger partial charge on any atom is 0.0257 e. The molecule has 0 aliphatic heterocycles. The summed E-state index contributed by atoms with van der Waals surface area (Å²) in [5.74, 6) is 0.529. The van der Waals surface area contributed by atoms with Gasteiger partial charge in [0, 0.05) is 4.47 Å². The molecule has 1 aliphatic carbocycles. The van der Waals surface area contributed by atoms with Crippen LogP contribution in [-0.4, -0.2) is 0 Å². The standard InChI is InChI=1S/C20H21Br/c1-3-4-5-15-7-10-16(11-8-15)19-12-17-9-6-14(2)18(17)13-20(19)21/h6-14H,3-5H2,1-2H3. The van der Waals surface area contributed by atoms with Crippen molar-refractivity contribution in [1.29, 1.82) is 0 Å². The van der Waals surface area contributed by atoms with Crippen molar-refractivity contribution in [3.05, 3.63) is 63.6 Å². The zero-order valence-corrected chi connectivity index (χ0v) is 14.3. The van der Waals surface area contributed by atoms with Gasteiger partial charge in [-0.25, -0.2) is 0 Å². The number of hydrogen-bond acceptors (Lipinski definition) is 0. The Labute approximate surface area is 136 Å². The molecule has 0 fully saturated rings. The molecule has 1 unspecified atom stereocenters. The third-order valence-corrected chi connectivity index (χ3v) is 4.97. The van der Waals surface area contributed by atoms with Crippen molar-refractivity contribution in [2.75, 3.05) is 0 Å². The fraction of sp³-hybridized carbons (Fsp3) is 0.300. The summed E-state index contributed by atoms with van der Waals surface area (Å²) < 4.78 is 1.19. The molecular formula is C20H21Br. The molecule has 1 heteroatoms. The van der Waals surface area contributed by atoms with E-state index >= 15 is 0 Å². The Bertz CT molecular complexity index is 665. The second-order valence-electron chi connectivity index (χ2n) is 5.91. The lowest BCUT2D eigenvalue weighted by Crippen LogP contribution is -1.90. The van der Waals surface area contributed by atoms with Gasteiger partial charge in [0.2, 0.25) is 0 Å². The highest BCUT2D eigenvalue weighted by Gasteiger charge is 2.16. The normalized spacial score (nSPS) is 16.2. The Morgan fingerprint density at radius 3 is 2.57 bits per heavy atom. The van der Waals surface area contributed by atoms with Gasteiger partial charge in [0.25, 0.3) is 0 Å². The van der Waals surface area contributed by atoms with Crippen LogP contribution in [0.5, 0.6) is 0 Å². The van der Waals surface area contributed by atoms with Crippen LogP contribution in [0.25, 0.3) is 17.2 Å². The van der Waals surface area contributed by atoms with Crippen LogP contribution in [0.4, 0.5) is 0 Å². The summed E-state index contributed by atoms with van der Waals surface area (Å²) in [5, 5.41) is 0. The van der Waals surface area contributed by atoms with Gasteiger partial charge >= 0.3 is 0 Å². The number of allylic oxidation sites excluding steroid dienone is 1. The van der Waals surface area contributed by atoms with Gasteiger partial charge in [-0.2, -0.15) is 0 Å². The van der Waals surface area contributed by atoms with Crippen molar-refractivity contribution in [3.8, 4) is 11.1 Å². The van der Waals surface area contributed by atoms with E-state index in [1.54, 1.807) is 0 Å². The first-order chi connectivity index (χ1) is 10.2. The Morgan fingerprint density at radius 1 is 1.10 bits per heavy atom. The fourth-order valence-electron chi connectivity index (χ4n) is 2.95. The molecule has 1 atom stereocenters. The van der Waals surface area contributed by atoms with Gasteiger partial charge in [-0.05, 0) is 58.7 Å².